The topological polar surface area (TPSA) is 44.4 Å². The monoisotopic (exact) mass is 225 g/mol. The van der Waals surface area contributed by atoms with Crippen molar-refractivity contribution < 1.29 is 4.79 Å². The lowest BCUT2D eigenvalue weighted by Crippen LogP contribution is -2.59. The highest BCUT2D eigenvalue weighted by Crippen LogP contribution is 2.23. The van der Waals surface area contributed by atoms with E-state index in [2.05, 4.69) is 15.5 Å². The molecule has 0 aromatic carbocycles. The van der Waals surface area contributed by atoms with E-state index in [1.54, 1.807) is 0 Å². The van der Waals surface area contributed by atoms with Crippen LogP contribution in [0.1, 0.15) is 32.1 Å². The van der Waals surface area contributed by atoms with Gasteiger partial charge in [-0.3, -0.25) is 9.69 Å². The molecule has 0 aromatic heterocycles. The number of likely N-dealkylation sites (N-methyl/N-ethyl adjacent to an activating group) is 1. The predicted molar refractivity (Wildman–Crippen MR) is 64.3 cm³/mol. The molecule has 2 rings (SSSR count). The molecule has 1 amide bonds. The number of hydrogen-bond donors (Lipinski definition) is 2. The fraction of sp³-hybridized carbons (Fsp3) is 0.917. The Kier molecular flexibility index (Phi) is 4.18. The van der Waals surface area contributed by atoms with Gasteiger partial charge in [-0.05, 0) is 19.9 Å². The first-order valence-electron chi connectivity index (χ1n) is 6.47. The minimum atomic E-state index is 0.192. The van der Waals surface area contributed by atoms with Gasteiger partial charge in [0.2, 0.25) is 5.91 Å². The van der Waals surface area contributed by atoms with Gasteiger partial charge in [-0.1, -0.05) is 19.3 Å². The van der Waals surface area contributed by atoms with E-state index in [1.807, 2.05) is 7.05 Å². The van der Waals surface area contributed by atoms with Crippen LogP contribution in [0.25, 0.3) is 0 Å². The second-order valence-electron chi connectivity index (χ2n) is 5.04. The van der Waals surface area contributed by atoms with Crippen molar-refractivity contribution in [3.8, 4) is 0 Å². The lowest BCUT2D eigenvalue weighted by molar-refractivity contribution is -0.126. The zero-order valence-corrected chi connectivity index (χ0v) is 10.2. The fourth-order valence-electron chi connectivity index (χ4n) is 2.94. The summed E-state index contributed by atoms with van der Waals surface area (Å²) in [6.07, 6.45) is 6.59. The third kappa shape index (κ3) is 2.95. The summed E-state index contributed by atoms with van der Waals surface area (Å²) in [4.78, 5) is 14.0. The molecule has 4 heteroatoms. The minimum Gasteiger partial charge on any atom is -0.350 e. The summed E-state index contributed by atoms with van der Waals surface area (Å²) in [7, 11) is 1.94. The number of carbonyl (C=O) groups excluding carboxylic acids is 1. The number of nitrogens with one attached hydrogen (secondary N) is 2. The smallest absolute Gasteiger partial charge is 0.234 e. The Labute approximate surface area is 97.8 Å². The van der Waals surface area contributed by atoms with Crippen LogP contribution >= 0.6 is 0 Å². The van der Waals surface area contributed by atoms with E-state index in [0.29, 0.717) is 12.6 Å². The van der Waals surface area contributed by atoms with Gasteiger partial charge in [-0.15, -0.1) is 0 Å². The van der Waals surface area contributed by atoms with E-state index in [9.17, 15) is 4.79 Å². The molecule has 92 valence electrons. The van der Waals surface area contributed by atoms with Crippen molar-refractivity contribution in [2.45, 2.75) is 44.2 Å². The quantitative estimate of drug-likeness (QED) is 0.728. The average Bonchev–Trinajstić information content (AvgIpc) is 2.30. The Morgan fingerprint density at radius 3 is 2.81 bits per heavy atom. The Hall–Kier alpha value is -0.610. The van der Waals surface area contributed by atoms with Gasteiger partial charge in [0.25, 0.3) is 0 Å². The van der Waals surface area contributed by atoms with Crippen LogP contribution in [0.5, 0.6) is 0 Å². The third-order valence-corrected chi connectivity index (χ3v) is 3.71. The van der Waals surface area contributed by atoms with E-state index in [0.717, 1.165) is 13.1 Å². The lowest BCUT2D eigenvalue weighted by Gasteiger charge is -2.39. The first-order valence-corrected chi connectivity index (χ1v) is 6.47. The Morgan fingerprint density at radius 1 is 1.38 bits per heavy atom. The predicted octanol–water partition coefficient (Wildman–Crippen LogP) is 0.339. The highest BCUT2D eigenvalue weighted by molar-refractivity contribution is 5.79. The molecule has 16 heavy (non-hydrogen) atoms. The number of nitrogens with zero attached hydrogens (tertiary/aromatic N) is 1. The summed E-state index contributed by atoms with van der Waals surface area (Å²) in [6.45, 7) is 2.48. The van der Waals surface area contributed by atoms with Gasteiger partial charge in [-0.2, -0.15) is 0 Å². The van der Waals surface area contributed by atoms with Gasteiger partial charge in [0.05, 0.1) is 12.6 Å². The second-order valence-corrected chi connectivity index (χ2v) is 5.04. The molecule has 1 unspecified atom stereocenters. The molecule has 2 fully saturated rings. The maximum Gasteiger partial charge on any atom is 0.234 e. The normalized spacial score (nSPS) is 29.1. The van der Waals surface area contributed by atoms with Crippen LogP contribution in [0.2, 0.25) is 0 Å². The van der Waals surface area contributed by atoms with Crippen LogP contribution in [-0.2, 0) is 4.79 Å². The van der Waals surface area contributed by atoms with Gasteiger partial charge in [0, 0.05) is 19.1 Å². The maximum atomic E-state index is 11.6. The van der Waals surface area contributed by atoms with E-state index in [4.69, 9.17) is 0 Å². The number of hydrogen-bond acceptors (Lipinski definition) is 3. The maximum absolute atomic E-state index is 11.6. The summed E-state index contributed by atoms with van der Waals surface area (Å²) < 4.78 is 0. The number of amides is 1. The SMILES string of the molecule is CNCC1CN(C2CCCCC2)CC(=O)N1. The van der Waals surface area contributed by atoms with Crippen molar-refractivity contribution in [1.29, 1.82) is 0 Å². The summed E-state index contributed by atoms with van der Waals surface area (Å²) in [5, 5.41) is 6.18. The second kappa shape index (κ2) is 5.64. The van der Waals surface area contributed by atoms with E-state index >= 15 is 0 Å². The third-order valence-electron chi connectivity index (χ3n) is 3.71. The van der Waals surface area contributed by atoms with Crippen molar-refractivity contribution in [1.82, 2.24) is 15.5 Å². The van der Waals surface area contributed by atoms with Crippen molar-refractivity contribution in [2.24, 2.45) is 0 Å². The van der Waals surface area contributed by atoms with E-state index < -0.39 is 0 Å². The summed E-state index contributed by atoms with van der Waals surface area (Å²) in [5.41, 5.74) is 0. The first kappa shape index (κ1) is 11.9. The molecule has 0 bridgehead atoms. The van der Waals surface area contributed by atoms with Gasteiger partial charge in [0.15, 0.2) is 0 Å². The zero-order chi connectivity index (χ0) is 11.4. The Bertz CT molecular complexity index is 238. The lowest BCUT2D eigenvalue weighted by atomic mass is 9.93. The summed E-state index contributed by atoms with van der Waals surface area (Å²) >= 11 is 0. The Morgan fingerprint density at radius 2 is 2.12 bits per heavy atom. The molecule has 1 aliphatic carbocycles. The molecule has 0 aromatic rings. The highest BCUT2D eigenvalue weighted by Gasteiger charge is 2.29. The molecule has 1 atom stereocenters. The van der Waals surface area contributed by atoms with Gasteiger partial charge in [0.1, 0.15) is 0 Å². The molecule has 1 saturated carbocycles. The molecule has 1 heterocycles. The van der Waals surface area contributed by atoms with Crippen LogP contribution in [0.4, 0.5) is 0 Å². The van der Waals surface area contributed by atoms with Crippen molar-refractivity contribution in [2.75, 3.05) is 26.7 Å². The molecule has 0 spiro atoms. The fourth-order valence-corrected chi connectivity index (χ4v) is 2.94. The molecule has 1 saturated heterocycles. The zero-order valence-electron chi connectivity index (χ0n) is 10.2. The van der Waals surface area contributed by atoms with Crippen LogP contribution in [0.3, 0.4) is 0 Å². The number of piperazine rings is 1. The van der Waals surface area contributed by atoms with Crippen LogP contribution < -0.4 is 10.6 Å². The first-order chi connectivity index (χ1) is 7.79. The summed E-state index contributed by atoms with van der Waals surface area (Å²) in [6, 6.07) is 0.937. The number of carbonyl (C=O) groups is 1. The van der Waals surface area contributed by atoms with Crippen LogP contribution in [0.15, 0.2) is 0 Å². The van der Waals surface area contributed by atoms with E-state index in [1.165, 1.54) is 32.1 Å². The summed E-state index contributed by atoms with van der Waals surface area (Å²) in [5.74, 6) is 0.192. The van der Waals surface area contributed by atoms with Crippen molar-refractivity contribution >= 4 is 5.91 Å². The largest absolute Gasteiger partial charge is 0.350 e. The van der Waals surface area contributed by atoms with Crippen molar-refractivity contribution in [3.05, 3.63) is 0 Å². The van der Waals surface area contributed by atoms with Crippen molar-refractivity contribution in [3.63, 3.8) is 0 Å². The molecule has 4 nitrogen and oxygen atoms in total. The minimum absolute atomic E-state index is 0.192. The highest BCUT2D eigenvalue weighted by atomic mass is 16.2. The van der Waals surface area contributed by atoms with Gasteiger partial charge >= 0.3 is 0 Å². The van der Waals surface area contributed by atoms with Gasteiger partial charge in [-0.25, -0.2) is 0 Å². The standard InChI is InChI=1S/C12H23N3O/c1-13-7-10-8-15(9-12(16)14-10)11-5-3-2-4-6-11/h10-11,13H,2-9H2,1H3,(H,14,16). The van der Waals surface area contributed by atoms with Gasteiger partial charge < -0.3 is 10.6 Å². The Balaban J connectivity index is 1.90. The average molecular weight is 225 g/mol. The molecule has 2 aliphatic rings. The molecule has 0 radical (unpaired) electrons. The van der Waals surface area contributed by atoms with Crippen LogP contribution in [-0.4, -0.2) is 49.6 Å². The molecule has 1 aliphatic heterocycles. The number of rotatable bonds is 3. The molecule has 2 N–H and O–H groups in total. The molecular formula is C12H23N3O. The van der Waals surface area contributed by atoms with Crippen LogP contribution in [0, 0.1) is 0 Å². The van der Waals surface area contributed by atoms with E-state index in [-0.39, 0.29) is 11.9 Å². The molecular weight excluding hydrogens is 202 g/mol.